The predicted octanol–water partition coefficient (Wildman–Crippen LogP) is 1.56. The van der Waals surface area contributed by atoms with Crippen molar-refractivity contribution in [3.05, 3.63) is 35.9 Å². The average Bonchev–Trinajstić information content (AvgIpc) is 2.43. The number of likely N-dealkylation sites (N-methyl/N-ethyl adjacent to an activating group) is 1. The summed E-state index contributed by atoms with van der Waals surface area (Å²) in [7, 11) is 2.79. The molecule has 0 radical (unpaired) electrons. The van der Waals surface area contributed by atoms with Gasteiger partial charge in [0.15, 0.2) is 5.54 Å². The Kier molecular flexibility index (Phi) is 5.85. The number of benzene rings is 1. The Morgan fingerprint density at radius 3 is 2.47 bits per heavy atom. The van der Waals surface area contributed by atoms with E-state index in [0.29, 0.717) is 5.56 Å². The van der Waals surface area contributed by atoms with Gasteiger partial charge >= 0.3 is 5.97 Å². The van der Waals surface area contributed by atoms with Crippen molar-refractivity contribution in [1.29, 1.82) is 0 Å². The summed E-state index contributed by atoms with van der Waals surface area (Å²) in [6, 6.07) is 8.70. The van der Waals surface area contributed by atoms with Crippen LogP contribution in [-0.2, 0) is 19.8 Å². The van der Waals surface area contributed by atoms with Gasteiger partial charge in [0.2, 0.25) is 0 Å². The summed E-state index contributed by atoms with van der Waals surface area (Å²) in [4.78, 5) is 12.0. The maximum absolute atomic E-state index is 12.1. The highest BCUT2D eigenvalue weighted by Crippen LogP contribution is 2.23. The molecular weight excluding hydrogens is 256 g/mol. The van der Waals surface area contributed by atoms with Crippen LogP contribution in [0.5, 0.6) is 0 Å². The van der Waals surface area contributed by atoms with Crippen LogP contribution in [0.1, 0.15) is 5.56 Å². The van der Waals surface area contributed by atoms with Gasteiger partial charge in [0.1, 0.15) is 6.61 Å². The maximum atomic E-state index is 12.1. The van der Waals surface area contributed by atoms with Crippen molar-refractivity contribution in [3.63, 3.8) is 0 Å². The number of hydrogen-bond acceptors (Lipinski definition) is 4. The van der Waals surface area contributed by atoms with Crippen molar-refractivity contribution in [2.24, 2.45) is 0 Å². The van der Waals surface area contributed by atoms with E-state index in [1.807, 2.05) is 0 Å². The number of carbonyl (C=O) groups excluding carboxylic acids is 1. The fourth-order valence-corrected chi connectivity index (χ4v) is 1.78. The molecule has 0 heterocycles. The van der Waals surface area contributed by atoms with E-state index in [0.717, 1.165) is 0 Å². The van der Waals surface area contributed by atoms with Gasteiger partial charge in [0.05, 0.1) is 13.7 Å². The molecule has 1 aromatic carbocycles. The van der Waals surface area contributed by atoms with Crippen LogP contribution in [0.2, 0.25) is 0 Å². The number of rotatable bonds is 7. The van der Waals surface area contributed by atoms with E-state index in [4.69, 9.17) is 9.47 Å². The number of esters is 1. The molecule has 0 spiro atoms. The van der Waals surface area contributed by atoms with Crippen LogP contribution in [0.25, 0.3) is 0 Å². The van der Waals surface area contributed by atoms with E-state index in [1.54, 1.807) is 37.4 Å². The van der Waals surface area contributed by atoms with Gasteiger partial charge in [-0.3, -0.25) is 5.32 Å². The van der Waals surface area contributed by atoms with Crippen LogP contribution in [0, 0.1) is 0 Å². The van der Waals surface area contributed by atoms with Crippen LogP contribution in [0.3, 0.4) is 0 Å². The van der Waals surface area contributed by atoms with E-state index in [-0.39, 0.29) is 6.61 Å². The van der Waals surface area contributed by atoms with Crippen molar-refractivity contribution in [3.8, 4) is 0 Å². The van der Waals surface area contributed by atoms with Gasteiger partial charge in [-0.2, -0.15) is 0 Å². The quantitative estimate of drug-likeness (QED) is 0.766. The van der Waals surface area contributed by atoms with Crippen molar-refractivity contribution in [1.82, 2.24) is 5.32 Å². The van der Waals surface area contributed by atoms with Crippen molar-refractivity contribution in [2.75, 3.05) is 27.4 Å². The highest BCUT2D eigenvalue weighted by Gasteiger charge is 2.40. The van der Waals surface area contributed by atoms with E-state index in [2.05, 4.69) is 5.32 Å². The van der Waals surface area contributed by atoms with Crippen molar-refractivity contribution >= 4 is 5.97 Å². The number of ether oxygens (including phenoxy) is 2. The van der Waals surface area contributed by atoms with Gasteiger partial charge in [0.25, 0.3) is 6.43 Å². The van der Waals surface area contributed by atoms with Gasteiger partial charge in [-0.25, -0.2) is 13.6 Å². The third-order valence-electron chi connectivity index (χ3n) is 2.79. The molecular formula is C13H17F2NO3. The first-order valence-corrected chi connectivity index (χ1v) is 5.75. The first kappa shape index (κ1) is 15.5. The molecule has 6 heteroatoms. The highest BCUT2D eigenvalue weighted by atomic mass is 19.3. The topological polar surface area (TPSA) is 47.6 Å². The molecule has 0 aliphatic heterocycles. The molecule has 0 amide bonds. The molecule has 0 bridgehead atoms. The molecule has 0 fully saturated rings. The number of methoxy groups -OCH3 is 1. The monoisotopic (exact) mass is 273 g/mol. The molecule has 0 aromatic heterocycles. The van der Waals surface area contributed by atoms with Gasteiger partial charge in [-0.15, -0.1) is 0 Å². The number of alkyl halides is 2. The minimum absolute atomic E-state index is 0.232. The lowest BCUT2D eigenvalue weighted by Gasteiger charge is -2.30. The van der Waals surface area contributed by atoms with Crippen molar-refractivity contribution < 1.29 is 23.0 Å². The lowest BCUT2D eigenvalue weighted by Crippen LogP contribution is -2.52. The normalized spacial score (nSPS) is 14.2. The molecule has 106 valence electrons. The van der Waals surface area contributed by atoms with Crippen LogP contribution < -0.4 is 5.32 Å². The van der Waals surface area contributed by atoms with Gasteiger partial charge in [0, 0.05) is 0 Å². The van der Waals surface area contributed by atoms with Gasteiger partial charge in [-0.05, 0) is 12.6 Å². The zero-order valence-corrected chi connectivity index (χ0v) is 10.9. The maximum Gasteiger partial charge on any atom is 0.333 e. The number of hydrogen-bond donors (Lipinski definition) is 1. The summed E-state index contributed by atoms with van der Waals surface area (Å²) in [6.07, 6.45) is -2.58. The minimum atomic E-state index is -2.58. The molecule has 1 rings (SSSR count). The zero-order valence-electron chi connectivity index (χ0n) is 10.9. The Morgan fingerprint density at radius 1 is 1.37 bits per heavy atom. The fraction of sp³-hybridized carbons (Fsp3) is 0.462. The predicted molar refractivity (Wildman–Crippen MR) is 66.0 cm³/mol. The third-order valence-corrected chi connectivity index (χ3v) is 2.79. The summed E-state index contributed by atoms with van der Waals surface area (Å²) < 4.78 is 33.9. The largest absolute Gasteiger partial charge is 0.467 e. The molecule has 1 N–H and O–H groups in total. The fourth-order valence-electron chi connectivity index (χ4n) is 1.78. The van der Waals surface area contributed by atoms with Gasteiger partial charge < -0.3 is 9.47 Å². The molecule has 0 saturated carbocycles. The van der Waals surface area contributed by atoms with Crippen LogP contribution >= 0.6 is 0 Å². The minimum Gasteiger partial charge on any atom is -0.467 e. The molecule has 0 aliphatic rings. The van der Waals surface area contributed by atoms with Gasteiger partial charge in [-0.1, -0.05) is 30.3 Å². The second kappa shape index (κ2) is 7.16. The number of nitrogens with one attached hydrogen (secondary N) is 1. The van der Waals surface area contributed by atoms with E-state index in [9.17, 15) is 13.6 Å². The lowest BCUT2D eigenvalue weighted by atomic mass is 9.91. The summed E-state index contributed by atoms with van der Waals surface area (Å²) >= 11 is 0. The Hall–Kier alpha value is -1.53. The number of carbonyl (C=O) groups is 1. The Labute approximate surface area is 110 Å². The number of halogens is 2. The molecule has 1 atom stereocenters. The van der Waals surface area contributed by atoms with Crippen LogP contribution in [0.15, 0.2) is 30.3 Å². The average molecular weight is 273 g/mol. The summed E-state index contributed by atoms with van der Waals surface area (Å²) in [5.41, 5.74) is -0.691. The summed E-state index contributed by atoms with van der Waals surface area (Å²) in [5.74, 6) is -0.588. The van der Waals surface area contributed by atoms with Crippen LogP contribution in [-0.4, -0.2) is 39.8 Å². The molecule has 0 aliphatic carbocycles. The molecule has 1 unspecified atom stereocenters. The standard InChI is InChI=1S/C13H17F2NO3/c1-16-13(12(17)18-2,9-19-8-11(14)15)10-6-4-3-5-7-10/h3-7,11,16H,8-9H2,1-2H3. The van der Waals surface area contributed by atoms with Crippen LogP contribution in [0.4, 0.5) is 8.78 Å². The molecule has 4 nitrogen and oxygen atoms in total. The Balaban J connectivity index is 2.98. The molecule has 0 saturated heterocycles. The molecule has 1 aromatic rings. The Bertz CT molecular complexity index is 400. The smallest absolute Gasteiger partial charge is 0.333 e. The van der Waals surface area contributed by atoms with E-state index in [1.165, 1.54) is 7.11 Å². The highest BCUT2D eigenvalue weighted by molar-refractivity contribution is 5.82. The second-order valence-electron chi connectivity index (χ2n) is 3.92. The van der Waals surface area contributed by atoms with E-state index < -0.39 is 24.5 Å². The first-order valence-electron chi connectivity index (χ1n) is 5.75. The molecule has 19 heavy (non-hydrogen) atoms. The summed E-state index contributed by atoms with van der Waals surface area (Å²) in [5, 5.41) is 2.81. The Morgan fingerprint density at radius 2 is 2.00 bits per heavy atom. The summed E-state index contributed by atoms with van der Waals surface area (Å²) in [6.45, 7) is -0.961. The second-order valence-corrected chi connectivity index (χ2v) is 3.92. The van der Waals surface area contributed by atoms with E-state index >= 15 is 0 Å². The third kappa shape index (κ3) is 3.71. The van der Waals surface area contributed by atoms with Crippen molar-refractivity contribution in [2.45, 2.75) is 12.0 Å². The first-order chi connectivity index (χ1) is 9.06. The lowest BCUT2D eigenvalue weighted by molar-refractivity contribution is -0.153. The SMILES string of the molecule is CNC(COCC(F)F)(C(=O)OC)c1ccccc1. The zero-order chi connectivity index (χ0) is 14.3.